The molecule has 0 unspecified atom stereocenters. The predicted octanol–water partition coefficient (Wildman–Crippen LogP) is 1.81. The second-order valence-electron chi connectivity index (χ2n) is 8.28. The van der Waals surface area contributed by atoms with Gasteiger partial charge in [-0.3, -0.25) is 9.59 Å². The molecule has 0 aliphatic carbocycles. The lowest BCUT2D eigenvalue weighted by molar-refractivity contribution is -0.0132. The lowest BCUT2D eigenvalue weighted by atomic mass is 9.92. The number of benzene rings is 1. The van der Waals surface area contributed by atoms with Gasteiger partial charge in [0.2, 0.25) is 0 Å². The largest absolute Gasteiger partial charge is 0.378 e. The van der Waals surface area contributed by atoms with E-state index in [2.05, 4.69) is 28.0 Å². The molecule has 0 atom stereocenters. The number of piperidine rings is 1. The smallest absolute Gasteiger partial charge is 0.266 e. The van der Waals surface area contributed by atoms with Crippen molar-refractivity contribution < 1.29 is 9.53 Å². The fourth-order valence-electron chi connectivity index (χ4n) is 3.78. The molecular weight excluding hydrogens is 380 g/mol. The second kappa shape index (κ2) is 8.90. The van der Waals surface area contributed by atoms with Crippen LogP contribution in [0.15, 0.2) is 23.0 Å². The predicted molar refractivity (Wildman–Crippen MR) is 120 cm³/mol. The van der Waals surface area contributed by atoms with E-state index in [-0.39, 0.29) is 17.1 Å². The minimum absolute atomic E-state index is 0.149. The molecule has 1 aromatic carbocycles. The summed E-state index contributed by atoms with van der Waals surface area (Å²) in [5.41, 5.74) is 1.76. The third-order valence-electron chi connectivity index (χ3n) is 5.87. The molecule has 1 fully saturated rings. The van der Waals surface area contributed by atoms with Crippen molar-refractivity contribution in [1.29, 1.82) is 0 Å². The lowest BCUT2D eigenvalue weighted by Gasteiger charge is -2.40. The third kappa shape index (κ3) is 4.50. The Morgan fingerprint density at radius 1 is 1.37 bits per heavy atom. The standard InChI is InChI=1S/C23H30N4O3/c1-6-17-20(27-12-9-23(2,30-5)10-13-27)18-15-16(7-8-19(18)25-22(17)29)21(28)24-11-14-26(3)4/h1,7-8,15H,9-14H2,2-5H3,(H,24,28)(H,25,29). The number of terminal acetylenes is 1. The number of ether oxygens (including phenoxy) is 1. The minimum Gasteiger partial charge on any atom is -0.378 e. The normalized spacial score (nSPS) is 15.9. The summed E-state index contributed by atoms with van der Waals surface area (Å²) in [6.45, 7) is 4.84. The molecule has 7 nitrogen and oxygen atoms in total. The van der Waals surface area contributed by atoms with Crippen molar-refractivity contribution in [3.8, 4) is 12.3 Å². The molecule has 30 heavy (non-hydrogen) atoms. The number of anilines is 1. The van der Waals surface area contributed by atoms with E-state index in [9.17, 15) is 9.59 Å². The number of fused-ring (bicyclic) bond motifs is 1. The van der Waals surface area contributed by atoms with Crippen LogP contribution in [-0.4, -0.2) is 68.8 Å². The summed E-state index contributed by atoms with van der Waals surface area (Å²) < 4.78 is 5.64. The van der Waals surface area contributed by atoms with Crippen molar-refractivity contribution in [1.82, 2.24) is 15.2 Å². The van der Waals surface area contributed by atoms with Gasteiger partial charge in [-0.25, -0.2) is 0 Å². The molecular formula is C23H30N4O3. The molecule has 1 aliphatic heterocycles. The number of methoxy groups -OCH3 is 1. The summed E-state index contributed by atoms with van der Waals surface area (Å²) in [6, 6.07) is 5.31. The number of hydrogen-bond acceptors (Lipinski definition) is 5. The number of carbonyl (C=O) groups is 1. The number of hydrogen-bond donors (Lipinski definition) is 2. The highest BCUT2D eigenvalue weighted by molar-refractivity contribution is 6.02. The van der Waals surface area contributed by atoms with Crippen LogP contribution in [0.3, 0.4) is 0 Å². The first-order valence-corrected chi connectivity index (χ1v) is 10.2. The fourth-order valence-corrected chi connectivity index (χ4v) is 3.78. The van der Waals surface area contributed by atoms with Gasteiger partial charge in [-0.2, -0.15) is 0 Å². The van der Waals surface area contributed by atoms with E-state index in [1.54, 1.807) is 19.2 Å². The molecule has 2 aromatic rings. The molecule has 1 saturated heterocycles. The molecule has 160 valence electrons. The molecule has 0 bridgehead atoms. The quantitative estimate of drug-likeness (QED) is 0.711. The maximum atomic E-state index is 12.6. The molecule has 1 amide bonds. The van der Waals surface area contributed by atoms with Crippen LogP contribution >= 0.6 is 0 Å². The Hall–Kier alpha value is -2.82. The topological polar surface area (TPSA) is 77.7 Å². The summed E-state index contributed by atoms with van der Waals surface area (Å²) >= 11 is 0. The van der Waals surface area contributed by atoms with E-state index in [0.29, 0.717) is 23.2 Å². The van der Waals surface area contributed by atoms with Gasteiger partial charge < -0.3 is 24.8 Å². The van der Waals surface area contributed by atoms with Crippen molar-refractivity contribution in [3.63, 3.8) is 0 Å². The third-order valence-corrected chi connectivity index (χ3v) is 5.87. The zero-order chi connectivity index (χ0) is 21.9. The number of likely N-dealkylation sites (N-methyl/N-ethyl adjacent to an activating group) is 1. The van der Waals surface area contributed by atoms with Gasteiger partial charge in [-0.15, -0.1) is 6.42 Å². The number of rotatable bonds is 6. The summed E-state index contributed by atoms with van der Waals surface area (Å²) in [5.74, 6) is 2.41. The molecule has 0 radical (unpaired) electrons. The highest BCUT2D eigenvalue weighted by Gasteiger charge is 2.31. The Morgan fingerprint density at radius 3 is 2.67 bits per heavy atom. The second-order valence-corrected chi connectivity index (χ2v) is 8.28. The van der Waals surface area contributed by atoms with Crippen molar-refractivity contribution in [3.05, 3.63) is 39.7 Å². The molecule has 2 N–H and O–H groups in total. The minimum atomic E-state index is -0.289. The van der Waals surface area contributed by atoms with E-state index in [1.807, 2.05) is 25.1 Å². The zero-order valence-electron chi connectivity index (χ0n) is 18.2. The molecule has 3 rings (SSSR count). The van der Waals surface area contributed by atoms with Crippen LogP contribution in [-0.2, 0) is 4.74 Å². The van der Waals surface area contributed by atoms with Crippen LogP contribution in [0.2, 0.25) is 0 Å². The zero-order valence-corrected chi connectivity index (χ0v) is 18.2. The number of nitrogens with zero attached hydrogens (tertiary/aromatic N) is 2. The van der Waals surface area contributed by atoms with Gasteiger partial charge in [0.15, 0.2) is 0 Å². The molecule has 0 saturated carbocycles. The van der Waals surface area contributed by atoms with Gasteiger partial charge in [-0.05, 0) is 52.1 Å². The Bertz CT molecular complexity index is 1030. The van der Waals surface area contributed by atoms with E-state index in [1.165, 1.54) is 0 Å². The molecule has 0 spiro atoms. The number of pyridine rings is 1. The number of aromatic amines is 1. The van der Waals surface area contributed by atoms with Crippen LogP contribution in [0.1, 0.15) is 35.7 Å². The first-order chi connectivity index (χ1) is 14.3. The van der Waals surface area contributed by atoms with Gasteiger partial charge in [0.05, 0.1) is 16.8 Å². The number of H-pyrrole nitrogens is 1. The van der Waals surface area contributed by atoms with E-state index in [0.717, 1.165) is 43.5 Å². The van der Waals surface area contributed by atoms with Crippen LogP contribution in [0, 0.1) is 12.3 Å². The fraction of sp³-hybridized carbons (Fsp3) is 0.478. The Kier molecular flexibility index (Phi) is 6.49. The maximum absolute atomic E-state index is 12.6. The van der Waals surface area contributed by atoms with E-state index in [4.69, 9.17) is 11.2 Å². The summed E-state index contributed by atoms with van der Waals surface area (Å²) in [6.07, 6.45) is 7.37. The number of amides is 1. The van der Waals surface area contributed by atoms with Gasteiger partial charge in [0, 0.05) is 44.2 Å². The first kappa shape index (κ1) is 21.9. The SMILES string of the molecule is C#Cc1c(N2CCC(C)(OC)CC2)c2cc(C(=O)NCCN(C)C)ccc2[nH]c1=O. The number of carbonyl (C=O) groups excluding carboxylic acids is 1. The van der Waals surface area contributed by atoms with Crippen molar-refractivity contribution in [2.24, 2.45) is 0 Å². The van der Waals surface area contributed by atoms with Crippen LogP contribution < -0.4 is 15.8 Å². The van der Waals surface area contributed by atoms with Crippen LogP contribution in [0.25, 0.3) is 10.9 Å². The van der Waals surface area contributed by atoms with Gasteiger partial charge >= 0.3 is 0 Å². The highest BCUT2D eigenvalue weighted by Crippen LogP contribution is 2.33. The molecule has 1 aromatic heterocycles. The summed E-state index contributed by atoms with van der Waals surface area (Å²) in [7, 11) is 5.64. The van der Waals surface area contributed by atoms with E-state index < -0.39 is 0 Å². The maximum Gasteiger partial charge on any atom is 0.266 e. The highest BCUT2D eigenvalue weighted by atomic mass is 16.5. The Morgan fingerprint density at radius 2 is 2.07 bits per heavy atom. The molecule has 7 heteroatoms. The average Bonchev–Trinajstić information content (AvgIpc) is 2.73. The molecule has 1 aliphatic rings. The number of nitrogens with one attached hydrogen (secondary N) is 2. The average molecular weight is 411 g/mol. The number of aromatic nitrogens is 1. The first-order valence-electron chi connectivity index (χ1n) is 10.2. The van der Waals surface area contributed by atoms with Crippen LogP contribution in [0.5, 0.6) is 0 Å². The Balaban J connectivity index is 2.00. The van der Waals surface area contributed by atoms with Crippen molar-refractivity contribution in [2.45, 2.75) is 25.4 Å². The van der Waals surface area contributed by atoms with Gasteiger partial charge in [-0.1, -0.05) is 5.92 Å². The van der Waals surface area contributed by atoms with Gasteiger partial charge in [0.25, 0.3) is 11.5 Å². The summed E-state index contributed by atoms with van der Waals surface area (Å²) in [4.78, 5) is 32.2. The molecule has 2 heterocycles. The van der Waals surface area contributed by atoms with Gasteiger partial charge in [0.1, 0.15) is 5.56 Å². The lowest BCUT2D eigenvalue weighted by Crippen LogP contribution is -2.44. The summed E-state index contributed by atoms with van der Waals surface area (Å²) in [5, 5.41) is 3.71. The van der Waals surface area contributed by atoms with Crippen LogP contribution in [0.4, 0.5) is 5.69 Å². The monoisotopic (exact) mass is 410 g/mol. The Labute approximate surface area is 177 Å². The van der Waals surface area contributed by atoms with E-state index >= 15 is 0 Å². The van der Waals surface area contributed by atoms with Crippen molar-refractivity contribution in [2.75, 3.05) is 52.3 Å². The van der Waals surface area contributed by atoms with Crippen molar-refractivity contribution >= 4 is 22.5 Å².